The summed E-state index contributed by atoms with van der Waals surface area (Å²) in [5, 5.41) is 13.4. The van der Waals surface area contributed by atoms with E-state index in [1.165, 1.54) is 16.8 Å². The number of pyridine rings is 1. The molecule has 0 bridgehead atoms. The molecular formula is C30H33Cl3N4O3. The van der Waals surface area contributed by atoms with Crippen LogP contribution in [0.1, 0.15) is 37.4 Å². The monoisotopic (exact) mass is 602 g/mol. The first-order valence-corrected chi connectivity index (χ1v) is 12.4. The third-order valence-electron chi connectivity index (χ3n) is 7.19. The molecule has 10 heteroatoms. The van der Waals surface area contributed by atoms with Gasteiger partial charge in [-0.2, -0.15) is 0 Å². The Kier molecular flexibility index (Phi) is 11.2. The number of halogens is 3. The number of carboxylic acid groups (broad SMARTS) is 1. The van der Waals surface area contributed by atoms with E-state index >= 15 is 0 Å². The maximum absolute atomic E-state index is 12.8. The van der Waals surface area contributed by atoms with Crippen molar-refractivity contribution in [3.63, 3.8) is 0 Å². The van der Waals surface area contributed by atoms with E-state index in [0.717, 1.165) is 31.7 Å². The Bertz CT molecular complexity index is 1520. The standard InChI is InChI=1S/C30H30N4O3.3ClH/c1-19-8-6-10-27(21(19)3)33-13-15-34(16-14-33)28-18-25(30(36)37)24-17-22(11-12-26(24)32-28)31-29(35)23-9-5-4-7-20(23)2;;;/h4-12,17-18H,13-16H2,1-3H3,(H,31,35)(H,36,37);3*1H. The van der Waals surface area contributed by atoms with Crippen molar-refractivity contribution >= 4 is 77.2 Å². The van der Waals surface area contributed by atoms with Gasteiger partial charge in [0.1, 0.15) is 5.82 Å². The molecule has 1 fully saturated rings. The van der Waals surface area contributed by atoms with E-state index in [-0.39, 0.29) is 48.7 Å². The van der Waals surface area contributed by atoms with Gasteiger partial charge in [0, 0.05) is 48.5 Å². The Morgan fingerprint density at radius 1 is 0.775 bits per heavy atom. The molecule has 1 aromatic heterocycles. The van der Waals surface area contributed by atoms with Gasteiger partial charge in [-0.3, -0.25) is 4.79 Å². The number of nitrogens with zero attached hydrogens (tertiary/aromatic N) is 3. The Hall–Kier alpha value is -3.52. The predicted molar refractivity (Wildman–Crippen MR) is 170 cm³/mol. The van der Waals surface area contributed by atoms with Crippen LogP contribution in [0.4, 0.5) is 17.2 Å². The second-order valence-electron chi connectivity index (χ2n) is 9.53. The Balaban J connectivity index is 0.00000187. The van der Waals surface area contributed by atoms with Crippen molar-refractivity contribution < 1.29 is 14.7 Å². The second-order valence-corrected chi connectivity index (χ2v) is 9.53. The maximum Gasteiger partial charge on any atom is 0.336 e. The van der Waals surface area contributed by atoms with Gasteiger partial charge in [-0.15, -0.1) is 37.2 Å². The Morgan fingerprint density at radius 3 is 2.10 bits per heavy atom. The molecular weight excluding hydrogens is 571 g/mol. The highest BCUT2D eigenvalue weighted by atomic mass is 35.5. The number of rotatable bonds is 5. The predicted octanol–water partition coefficient (Wildman–Crippen LogP) is 6.70. The molecule has 0 spiro atoms. The second kappa shape index (κ2) is 13.7. The van der Waals surface area contributed by atoms with Crippen LogP contribution in [0.3, 0.4) is 0 Å². The van der Waals surface area contributed by atoms with Crippen LogP contribution in [-0.2, 0) is 0 Å². The lowest BCUT2D eigenvalue weighted by molar-refractivity contribution is 0.0698. The quantitative estimate of drug-likeness (QED) is 0.264. The number of piperazine rings is 1. The minimum absolute atomic E-state index is 0. The first-order valence-electron chi connectivity index (χ1n) is 12.4. The lowest BCUT2D eigenvalue weighted by Crippen LogP contribution is -2.47. The molecule has 1 aliphatic rings. The number of anilines is 3. The van der Waals surface area contributed by atoms with Crippen LogP contribution in [0, 0.1) is 20.8 Å². The number of fused-ring (bicyclic) bond motifs is 1. The fraction of sp³-hybridized carbons (Fsp3) is 0.233. The van der Waals surface area contributed by atoms with Crippen molar-refractivity contribution in [3.8, 4) is 0 Å². The summed E-state index contributed by atoms with van der Waals surface area (Å²) in [6.07, 6.45) is 0. The molecule has 40 heavy (non-hydrogen) atoms. The summed E-state index contributed by atoms with van der Waals surface area (Å²) in [5.41, 5.74) is 6.54. The highest BCUT2D eigenvalue weighted by molar-refractivity contribution is 6.08. The van der Waals surface area contributed by atoms with Crippen LogP contribution < -0.4 is 15.1 Å². The van der Waals surface area contributed by atoms with E-state index in [4.69, 9.17) is 4.98 Å². The van der Waals surface area contributed by atoms with Gasteiger partial charge >= 0.3 is 5.97 Å². The SMILES string of the molecule is Cc1ccccc1C(=O)Nc1ccc2nc(N3CCN(c4cccc(C)c4C)CC3)cc(C(=O)O)c2c1.Cl.Cl.Cl. The van der Waals surface area contributed by atoms with Gasteiger partial charge in [-0.1, -0.05) is 30.3 Å². The van der Waals surface area contributed by atoms with Gasteiger partial charge in [0.25, 0.3) is 5.91 Å². The van der Waals surface area contributed by atoms with Gasteiger partial charge in [-0.05, 0) is 73.9 Å². The lowest BCUT2D eigenvalue weighted by atomic mass is 10.1. The highest BCUT2D eigenvalue weighted by Gasteiger charge is 2.22. The smallest absolute Gasteiger partial charge is 0.336 e. The first-order chi connectivity index (χ1) is 17.8. The summed E-state index contributed by atoms with van der Waals surface area (Å²) in [6.45, 7) is 9.31. The minimum Gasteiger partial charge on any atom is -0.478 e. The number of aromatic carboxylic acids is 1. The average molecular weight is 604 g/mol. The third-order valence-corrected chi connectivity index (χ3v) is 7.19. The molecule has 0 saturated carbocycles. The van der Waals surface area contributed by atoms with Crippen molar-refractivity contribution in [1.29, 1.82) is 0 Å². The zero-order chi connectivity index (χ0) is 26.1. The number of aromatic nitrogens is 1. The number of aryl methyl sites for hydroxylation is 2. The van der Waals surface area contributed by atoms with Crippen LogP contribution in [0.15, 0.2) is 66.7 Å². The van der Waals surface area contributed by atoms with Crippen molar-refractivity contribution in [2.75, 3.05) is 41.3 Å². The summed E-state index contributed by atoms with van der Waals surface area (Å²) in [7, 11) is 0. The summed E-state index contributed by atoms with van der Waals surface area (Å²) in [4.78, 5) is 34.3. The number of amides is 1. The van der Waals surface area contributed by atoms with Crippen LogP contribution in [-0.4, -0.2) is 48.1 Å². The van der Waals surface area contributed by atoms with Gasteiger partial charge in [0.2, 0.25) is 0 Å². The van der Waals surface area contributed by atoms with Crippen molar-refractivity contribution in [3.05, 3.63) is 94.5 Å². The molecule has 1 amide bonds. The molecule has 0 atom stereocenters. The third kappa shape index (κ3) is 6.61. The van der Waals surface area contributed by atoms with Gasteiger partial charge in [-0.25, -0.2) is 9.78 Å². The number of benzene rings is 3. The van der Waals surface area contributed by atoms with E-state index in [2.05, 4.69) is 47.2 Å². The number of hydrogen-bond acceptors (Lipinski definition) is 5. The number of carbonyl (C=O) groups is 2. The molecule has 212 valence electrons. The molecule has 3 aromatic carbocycles. The number of carbonyl (C=O) groups excluding carboxylic acids is 1. The normalized spacial score (nSPS) is 12.6. The van der Waals surface area contributed by atoms with E-state index in [9.17, 15) is 14.7 Å². The summed E-state index contributed by atoms with van der Waals surface area (Å²) in [5.74, 6) is -0.604. The minimum atomic E-state index is -1.02. The van der Waals surface area contributed by atoms with E-state index in [1.54, 1.807) is 30.3 Å². The maximum atomic E-state index is 12.8. The number of hydrogen-bond donors (Lipinski definition) is 2. The summed E-state index contributed by atoms with van der Waals surface area (Å²) >= 11 is 0. The molecule has 1 aliphatic heterocycles. The molecule has 7 nitrogen and oxygen atoms in total. The number of nitrogens with one attached hydrogen (secondary N) is 1. The Labute approximate surface area is 252 Å². The Morgan fingerprint density at radius 2 is 1.43 bits per heavy atom. The fourth-order valence-corrected chi connectivity index (χ4v) is 4.91. The molecule has 0 unspecified atom stereocenters. The lowest BCUT2D eigenvalue weighted by Gasteiger charge is -2.37. The van der Waals surface area contributed by atoms with Crippen molar-refractivity contribution in [2.45, 2.75) is 20.8 Å². The van der Waals surface area contributed by atoms with Gasteiger partial charge in [0.15, 0.2) is 0 Å². The zero-order valence-corrected chi connectivity index (χ0v) is 25.0. The van der Waals surface area contributed by atoms with Gasteiger partial charge in [0.05, 0.1) is 11.1 Å². The molecule has 4 aromatic rings. The molecule has 0 radical (unpaired) electrons. The topological polar surface area (TPSA) is 85.8 Å². The summed E-state index contributed by atoms with van der Waals surface area (Å²) < 4.78 is 0. The van der Waals surface area contributed by atoms with E-state index in [0.29, 0.717) is 28.0 Å². The van der Waals surface area contributed by atoms with Crippen LogP contribution in [0.5, 0.6) is 0 Å². The van der Waals surface area contributed by atoms with Gasteiger partial charge < -0.3 is 20.2 Å². The van der Waals surface area contributed by atoms with Crippen molar-refractivity contribution in [2.24, 2.45) is 0 Å². The summed E-state index contributed by atoms with van der Waals surface area (Å²) in [6, 6.07) is 20.6. The van der Waals surface area contributed by atoms with Crippen molar-refractivity contribution in [1.82, 2.24) is 4.98 Å². The molecule has 0 aliphatic carbocycles. The largest absolute Gasteiger partial charge is 0.478 e. The number of carboxylic acids is 1. The van der Waals surface area contributed by atoms with Crippen LogP contribution >= 0.6 is 37.2 Å². The highest BCUT2D eigenvalue weighted by Crippen LogP contribution is 2.29. The van der Waals surface area contributed by atoms with Crippen LogP contribution in [0.2, 0.25) is 0 Å². The van der Waals surface area contributed by atoms with Crippen LogP contribution in [0.25, 0.3) is 10.9 Å². The van der Waals surface area contributed by atoms with E-state index < -0.39 is 5.97 Å². The zero-order valence-electron chi connectivity index (χ0n) is 22.5. The average Bonchev–Trinajstić information content (AvgIpc) is 2.90. The first kappa shape index (κ1) is 32.7. The molecule has 5 rings (SSSR count). The fourth-order valence-electron chi connectivity index (χ4n) is 4.91. The molecule has 2 N–H and O–H groups in total. The molecule has 1 saturated heterocycles. The van der Waals surface area contributed by atoms with E-state index in [1.807, 2.05) is 25.1 Å². The molecule has 2 heterocycles.